The van der Waals surface area contributed by atoms with Crippen molar-refractivity contribution in [2.24, 2.45) is 13.0 Å². The first-order chi connectivity index (χ1) is 18.2. The van der Waals surface area contributed by atoms with Crippen LogP contribution >= 0.6 is 11.6 Å². The SMILES string of the molecule is Cc1nnn(C)c1-c1cnc2c3ccc(C(C)(C)O)cc3n(C(c3cccc(Cl)c3)C3CCOCC3)c2c1. The summed E-state index contributed by atoms with van der Waals surface area (Å²) in [6.07, 6.45) is 3.80. The third kappa shape index (κ3) is 4.28. The van der Waals surface area contributed by atoms with Gasteiger partial charge in [0.05, 0.1) is 39.6 Å². The maximum Gasteiger partial charge on any atom is 0.0960 e. The number of aryl methyl sites for hydroxylation is 2. The van der Waals surface area contributed by atoms with E-state index >= 15 is 0 Å². The highest BCUT2D eigenvalue weighted by atomic mass is 35.5. The first-order valence-corrected chi connectivity index (χ1v) is 13.5. The molecule has 38 heavy (non-hydrogen) atoms. The first kappa shape index (κ1) is 25.0. The van der Waals surface area contributed by atoms with Gasteiger partial charge in [-0.2, -0.15) is 0 Å². The highest BCUT2D eigenvalue weighted by Gasteiger charge is 2.31. The molecular weight excluding hydrogens is 498 g/mol. The molecule has 8 heteroatoms. The van der Waals surface area contributed by atoms with E-state index < -0.39 is 5.60 Å². The summed E-state index contributed by atoms with van der Waals surface area (Å²) in [5, 5.41) is 21.2. The van der Waals surface area contributed by atoms with Crippen LogP contribution in [0.15, 0.2) is 54.7 Å². The molecular formula is C30H32ClN5O2. The Bertz CT molecular complexity index is 1620. The third-order valence-corrected chi connectivity index (χ3v) is 8.03. The zero-order valence-corrected chi connectivity index (χ0v) is 22.9. The van der Waals surface area contributed by atoms with Crippen LogP contribution in [0.25, 0.3) is 33.2 Å². The fraction of sp³-hybridized carbons (Fsp3) is 0.367. The molecule has 0 amide bonds. The molecule has 0 radical (unpaired) electrons. The molecule has 196 valence electrons. The molecule has 0 aliphatic carbocycles. The number of hydrogen-bond donors (Lipinski definition) is 1. The van der Waals surface area contributed by atoms with Gasteiger partial charge in [-0.15, -0.1) is 5.10 Å². The number of aliphatic hydroxyl groups is 1. The number of ether oxygens (including phenoxy) is 1. The molecule has 1 aliphatic rings. The van der Waals surface area contributed by atoms with E-state index in [9.17, 15) is 5.11 Å². The highest BCUT2D eigenvalue weighted by Crippen LogP contribution is 2.42. The Labute approximate surface area is 227 Å². The predicted molar refractivity (Wildman–Crippen MR) is 150 cm³/mol. The second-order valence-electron chi connectivity index (χ2n) is 10.8. The van der Waals surface area contributed by atoms with Crippen LogP contribution in [0.2, 0.25) is 5.02 Å². The Balaban J connectivity index is 1.70. The Morgan fingerprint density at radius 2 is 1.87 bits per heavy atom. The predicted octanol–water partition coefficient (Wildman–Crippen LogP) is 6.19. The number of halogens is 1. The quantitative estimate of drug-likeness (QED) is 0.294. The number of nitrogens with zero attached hydrogens (tertiary/aromatic N) is 5. The van der Waals surface area contributed by atoms with E-state index in [0.717, 1.165) is 76.1 Å². The van der Waals surface area contributed by atoms with Gasteiger partial charge in [0.15, 0.2) is 0 Å². The van der Waals surface area contributed by atoms with E-state index in [1.54, 1.807) is 4.68 Å². The average Bonchev–Trinajstić information content (AvgIpc) is 3.40. The largest absolute Gasteiger partial charge is 0.386 e. The summed E-state index contributed by atoms with van der Waals surface area (Å²) in [6, 6.07) is 16.6. The van der Waals surface area contributed by atoms with Crippen LogP contribution < -0.4 is 0 Å². The fourth-order valence-corrected chi connectivity index (χ4v) is 6.12. The van der Waals surface area contributed by atoms with Crippen LogP contribution in [0, 0.1) is 12.8 Å². The van der Waals surface area contributed by atoms with E-state index in [4.69, 9.17) is 21.3 Å². The van der Waals surface area contributed by atoms with Crippen molar-refractivity contribution in [1.82, 2.24) is 24.5 Å². The van der Waals surface area contributed by atoms with Crippen molar-refractivity contribution < 1.29 is 9.84 Å². The monoisotopic (exact) mass is 529 g/mol. The zero-order valence-electron chi connectivity index (χ0n) is 22.1. The molecule has 5 aromatic rings. The summed E-state index contributed by atoms with van der Waals surface area (Å²) < 4.78 is 9.97. The van der Waals surface area contributed by atoms with Gasteiger partial charge in [0, 0.05) is 42.4 Å². The van der Waals surface area contributed by atoms with E-state index in [0.29, 0.717) is 10.9 Å². The molecule has 1 N–H and O–H groups in total. The summed E-state index contributed by atoms with van der Waals surface area (Å²) in [7, 11) is 1.90. The molecule has 0 bridgehead atoms. The molecule has 3 aromatic heterocycles. The number of benzene rings is 2. The number of aromatic nitrogens is 5. The van der Waals surface area contributed by atoms with E-state index in [1.807, 2.05) is 52.2 Å². The number of pyridine rings is 1. The van der Waals surface area contributed by atoms with Gasteiger partial charge in [-0.05, 0) is 74.9 Å². The minimum atomic E-state index is -0.976. The van der Waals surface area contributed by atoms with Gasteiger partial charge in [-0.3, -0.25) is 4.98 Å². The normalized spacial score (nSPS) is 15.9. The lowest BCUT2D eigenvalue weighted by molar-refractivity contribution is 0.0552. The summed E-state index contributed by atoms with van der Waals surface area (Å²) in [4.78, 5) is 5.00. The molecule has 1 fully saturated rings. The van der Waals surface area contributed by atoms with Crippen LogP contribution in [0.4, 0.5) is 0 Å². The molecule has 2 aromatic carbocycles. The first-order valence-electron chi connectivity index (χ1n) is 13.1. The van der Waals surface area contributed by atoms with Gasteiger partial charge in [0.25, 0.3) is 0 Å². The molecule has 1 aliphatic heterocycles. The average molecular weight is 530 g/mol. The van der Waals surface area contributed by atoms with Crippen molar-refractivity contribution in [2.45, 2.75) is 45.3 Å². The van der Waals surface area contributed by atoms with Gasteiger partial charge in [0.1, 0.15) is 0 Å². The van der Waals surface area contributed by atoms with Gasteiger partial charge in [-0.25, -0.2) is 4.68 Å². The lowest BCUT2D eigenvalue weighted by Crippen LogP contribution is -2.27. The molecule has 1 saturated heterocycles. The Kier molecular flexibility index (Phi) is 6.25. The Hall–Kier alpha value is -3.26. The van der Waals surface area contributed by atoms with Crippen molar-refractivity contribution in [1.29, 1.82) is 0 Å². The van der Waals surface area contributed by atoms with Crippen LogP contribution in [-0.4, -0.2) is 42.9 Å². The molecule has 7 nitrogen and oxygen atoms in total. The third-order valence-electron chi connectivity index (χ3n) is 7.80. The maximum atomic E-state index is 10.9. The van der Waals surface area contributed by atoms with Gasteiger partial charge in [-0.1, -0.05) is 41.1 Å². The molecule has 0 saturated carbocycles. The van der Waals surface area contributed by atoms with Crippen molar-refractivity contribution in [3.8, 4) is 11.3 Å². The van der Waals surface area contributed by atoms with Crippen molar-refractivity contribution in [3.05, 3.63) is 76.6 Å². The summed E-state index contributed by atoms with van der Waals surface area (Å²) in [5.41, 5.74) is 6.80. The second-order valence-corrected chi connectivity index (χ2v) is 11.3. The van der Waals surface area contributed by atoms with Crippen LogP contribution in [0.5, 0.6) is 0 Å². The number of rotatable bonds is 5. The Morgan fingerprint density at radius 1 is 1.08 bits per heavy atom. The van der Waals surface area contributed by atoms with E-state index in [1.165, 1.54) is 0 Å². The number of hydrogen-bond acceptors (Lipinski definition) is 5. The molecule has 4 heterocycles. The standard InChI is InChI=1S/C30H32ClN5O2/c1-18-28(35(4)34-33-18)21-15-26-27(32-17-21)24-9-8-22(30(2,3)37)16-25(24)36(26)29(19-10-12-38-13-11-19)20-6-5-7-23(31)14-20/h5-9,14-17,19,29,37H,10-13H2,1-4H3. The van der Waals surface area contributed by atoms with Crippen molar-refractivity contribution in [3.63, 3.8) is 0 Å². The maximum absolute atomic E-state index is 10.9. The number of fused-ring (bicyclic) bond motifs is 3. The lowest BCUT2D eigenvalue weighted by Gasteiger charge is -2.33. The molecule has 1 unspecified atom stereocenters. The smallest absolute Gasteiger partial charge is 0.0960 e. The summed E-state index contributed by atoms with van der Waals surface area (Å²) >= 11 is 6.54. The Morgan fingerprint density at radius 3 is 2.55 bits per heavy atom. The molecule has 0 spiro atoms. The fourth-order valence-electron chi connectivity index (χ4n) is 5.93. The summed E-state index contributed by atoms with van der Waals surface area (Å²) in [5.74, 6) is 0.343. The van der Waals surface area contributed by atoms with Crippen molar-refractivity contribution in [2.75, 3.05) is 13.2 Å². The topological polar surface area (TPSA) is 78.0 Å². The van der Waals surface area contributed by atoms with Crippen LogP contribution in [-0.2, 0) is 17.4 Å². The van der Waals surface area contributed by atoms with Crippen LogP contribution in [0.1, 0.15) is 49.6 Å². The summed E-state index contributed by atoms with van der Waals surface area (Å²) in [6.45, 7) is 7.08. The van der Waals surface area contributed by atoms with Gasteiger partial charge in [0.2, 0.25) is 0 Å². The van der Waals surface area contributed by atoms with Crippen LogP contribution in [0.3, 0.4) is 0 Å². The van der Waals surface area contributed by atoms with Crippen molar-refractivity contribution >= 4 is 33.5 Å². The van der Waals surface area contributed by atoms with E-state index in [2.05, 4.69) is 45.2 Å². The second kappa shape index (κ2) is 9.49. The molecule has 6 rings (SSSR count). The van der Waals surface area contributed by atoms with Gasteiger partial charge < -0.3 is 14.4 Å². The molecule has 1 atom stereocenters. The van der Waals surface area contributed by atoms with Gasteiger partial charge >= 0.3 is 0 Å². The van der Waals surface area contributed by atoms with E-state index in [-0.39, 0.29) is 6.04 Å². The lowest BCUT2D eigenvalue weighted by atomic mass is 9.86. The minimum Gasteiger partial charge on any atom is -0.386 e. The highest BCUT2D eigenvalue weighted by molar-refractivity contribution is 6.30. The zero-order chi connectivity index (χ0) is 26.6. The minimum absolute atomic E-state index is 0.0115.